The van der Waals surface area contributed by atoms with Gasteiger partial charge in [0, 0.05) is 18.1 Å². The maximum absolute atomic E-state index is 11.8. The van der Waals surface area contributed by atoms with Gasteiger partial charge in [-0.1, -0.05) is 6.07 Å². The van der Waals surface area contributed by atoms with Crippen LogP contribution in [0, 0.1) is 6.92 Å². The molecule has 0 saturated heterocycles. The molecule has 0 radical (unpaired) electrons. The van der Waals surface area contributed by atoms with E-state index in [1.165, 1.54) is 0 Å². The summed E-state index contributed by atoms with van der Waals surface area (Å²) in [5.74, 6) is -0.265. The molecule has 17 heavy (non-hydrogen) atoms. The lowest BCUT2D eigenvalue weighted by molar-refractivity contribution is 0.0525. The van der Waals surface area contributed by atoms with Crippen molar-refractivity contribution < 1.29 is 9.53 Å². The quantitative estimate of drug-likeness (QED) is 0.758. The number of carbonyl (C=O) groups excluding carboxylic acids is 1. The molecule has 88 valence electrons. The molecule has 2 rings (SSSR count). The standard InChI is InChI=1S/C14H15NO2/c1-3-17-14(16)12-7-6-8-13(11(12)2)15-9-4-5-10-15/h4-10H,3H2,1-2H3. The summed E-state index contributed by atoms with van der Waals surface area (Å²) in [6.45, 7) is 4.14. The summed E-state index contributed by atoms with van der Waals surface area (Å²) in [5.41, 5.74) is 2.56. The van der Waals surface area contributed by atoms with Crippen LogP contribution in [0.5, 0.6) is 0 Å². The van der Waals surface area contributed by atoms with Crippen LogP contribution in [0.15, 0.2) is 42.7 Å². The van der Waals surface area contributed by atoms with Crippen molar-refractivity contribution in [3.05, 3.63) is 53.9 Å². The topological polar surface area (TPSA) is 31.2 Å². The largest absolute Gasteiger partial charge is 0.462 e. The third-order valence-electron chi connectivity index (χ3n) is 2.68. The Morgan fingerprint density at radius 2 is 1.94 bits per heavy atom. The van der Waals surface area contributed by atoms with E-state index in [2.05, 4.69) is 0 Å². The Hall–Kier alpha value is -2.03. The molecule has 0 bridgehead atoms. The summed E-state index contributed by atoms with van der Waals surface area (Å²) >= 11 is 0. The van der Waals surface area contributed by atoms with Crippen LogP contribution in [0.2, 0.25) is 0 Å². The zero-order valence-electron chi connectivity index (χ0n) is 10.0. The van der Waals surface area contributed by atoms with Crippen molar-refractivity contribution in [2.45, 2.75) is 13.8 Å². The zero-order valence-corrected chi connectivity index (χ0v) is 10.0. The number of esters is 1. The van der Waals surface area contributed by atoms with Crippen LogP contribution in [0.25, 0.3) is 5.69 Å². The molecule has 1 aromatic carbocycles. The number of rotatable bonds is 3. The highest BCUT2D eigenvalue weighted by Crippen LogP contribution is 2.19. The molecule has 1 aromatic heterocycles. The first-order valence-corrected chi connectivity index (χ1v) is 5.64. The van der Waals surface area contributed by atoms with Gasteiger partial charge in [0.25, 0.3) is 0 Å². The van der Waals surface area contributed by atoms with Crippen LogP contribution in [0.1, 0.15) is 22.8 Å². The number of aromatic nitrogens is 1. The molecule has 0 atom stereocenters. The van der Waals surface area contributed by atoms with E-state index >= 15 is 0 Å². The SMILES string of the molecule is CCOC(=O)c1cccc(-n2cccc2)c1C. The van der Waals surface area contributed by atoms with Gasteiger partial charge in [-0.25, -0.2) is 4.79 Å². The van der Waals surface area contributed by atoms with Crippen molar-refractivity contribution in [1.29, 1.82) is 0 Å². The minimum absolute atomic E-state index is 0.265. The highest BCUT2D eigenvalue weighted by atomic mass is 16.5. The molecule has 0 aliphatic rings. The summed E-state index contributed by atoms with van der Waals surface area (Å²) < 4.78 is 7.02. The molecule has 0 aliphatic heterocycles. The summed E-state index contributed by atoms with van der Waals surface area (Å²) in [6.07, 6.45) is 3.91. The van der Waals surface area contributed by atoms with Crippen LogP contribution in [-0.4, -0.2) is 17.1 Å². The summed E-state index contributed by atoms with van der Waals surface area (Å²) in [7, 11) is 0. The monoisotopic (exact) mass is 229 g/mol. The van der Waals surface area contributed by atoms with E-state index in [1.807, 2.05) is 55.1 Å². The molecule has 3 heteroatoms. The molecule has 0 spiro atoms. The van der Waals surface area contributed by atoms with E-state index in [0.29, 0.717) is 12.2 Å². The number of hydrogen-bond donors (Lipinski definition) is 0. The molecule has 0 unspecified atom stereocenters. The Kier molecular flexibility index (Phi) is 3.28. The first-order valence-electron chi connectivity index (χ1n) is 5.64. The fourth-order valence-corrected chi connectivity index (χ4v) is 1.83. The van der Waals surface area contributed by atoms with Crippen molar-refractivity contribution in [2.24, 2.45) is 0 Å². The van der Waals surface area contributed by atoms with Crippen molar-refractivity contribution in [2.75, 3.05) is 6.61 Å². The van der Waals surface area contributed by atoms with Crippen LogP contribution < -0.4 is 0 Å². The van der Waals surface area contributed by atoms with Gasteiger partial charge in [-0.2, -0.15) is 0 Å². The Morgan fingerprint density at radius 3 is 2.59 bits per heavy atom. The van der Waals surface area contributed by atoms with E-state index in [0.717, 1.165) is 11.3 Å². The predicted octanol–water partition coefficient (Wildman–Crippen LogP) is 2.96. The first-order chi connectivity index (χ1) is 8.24. The lowest BCUT2D eigenvalue weighted by Gasteiger charge is -2.11. The predicted molar refractivity (Wildman–Crippen MR) is 66.5 cm³/mol. The number of ether oxygens (including phenoxy) is 1. The normalized spacial score (nSPS) is 10.2. The van der Waals surface area contributed by atoms with E-state index in [1.54, 1.807) is 6.07 Å². The minimum Gasteiger partial charge on any atom is -0.462 e. The second-order valence-corrected chi connectivity index (χ2v) is 3.76. The smallest absolute Gasteiger partial charge is 0.338 e. The highest BCUT2D eigenvalue weighted by molar-refractivity contribution is 5.92. The molecule has 0 amide bonds. The fraction of sp³-hybridized carbons (Fsp3) is 0.214. The van der Waals surface area contributed by atoms with E-state index in [9.17, 15) is 4.79 Å². The van der Waals surface area contributed by atoms with Gasteiger partial charge in [0.1, 0.15) is 0 Å². The van der Waals surface area contributed by atoms with Crippen molar-refractivity contribution in [1.82, 2.24) is 4.57 Å². The zero-order chi connectivity index (χ0) is 12.3. The highest BCUT2D eigenvalue weighted by Gasteiger charge is 2.12. The molecule has 0 saturated carbocycles. The van der Waals surface area contributed by atoms with Crippen LogP contribution in [-0.2, 0) is 4.74 Å². The maximum Gasteiger partial charge on any atom is 0.338 e. The van der Waals surface area contributed by atoms with Crippen LogP contribution in [0.3, 0.4) is 0 Å². The van der Waals surface area contributed by atoms with E-state index in [-0.39, 0.29) is 5.97 Å². The third-order valence-corrected chi connectivity index (χ3v) is 2.68. The van der Waals surface area contributed by atoms with Gasteiger partial charge in [0.2, 0.25) is 0 Å². The number of benzene rings is 1. The Bertz CT molecular complexity index is 515. The van der Waals surface area contributed by atoms with Gasteiger partial charge in [0.15, 0.2) is 0 Å². The minimum atomic E-state index is -0.265. The molecule has 1 heterocycles. The summed E-state index contributed by atoms with van der Waals surface area (Å²) in [4.78, 5) is 11.8. The molecular weight excluding hydrogens is 214 g/mol. The second kappa shape index (κ2) is 4.87. The van der Waals surface area contributed by atoms with E-state index < -0.39 is 0 Å². The molecular formula is C14H15NO2. The first kappa shape index (κ1) is 11.5. The van der Waals surface area contributed by atoms with Gasteiger partial charge in [-0.05, 0) is 43.7 Å². The van der Waals surface area contributed by atoms with Crippen molar-refractivity contribution in [3.63, 3.8) is 0 Å². The lowest BCUT2D eigenvalue weighted by Crippen LogP contribution is -2.08. The third kappa shape index (κ3) is 2.23. The Balaban J connectivity index is 2.44. The Labute approximate surface area is 101 Å². The maximum atomic E-state index is 11.8. The van der Waals surface area contributed by atoms with Gasteiger partial charge < -0.3 is 9.30 Å². The Morgan fingerprint density at radius 1 is 1.24 bits per heavy atom. The summed E-state index contributed by atoms with van der Waals surface area (Å²) in [5, 5.41) is 0. The van der Waals surface area contributed by atoms with Gasteiger partial charge >= 0.3 is 5.97 Å². The fourth-order valence-electron chi connectivity index (χ4n) is 1.83. The second-order valence-electron chi connectivity index (χ2n) is 3.76. The van der Waals surface area contributed by atoms with Gasteiger partial charge in [-0.3, -0.25) is 0 Å². The lowest BCUT2D eigenvalue weighted by atomic mass is 10.1. The summed E-state index contributed by atoms with van der Waals surface area (Å²) in [6, 6.07) is 9.56. The van der Waals surface area contributed by atoms with Crippen LogP contribution in [0.4, 0.5) is 0 Å². The number of nitrogens with zero attached hydrogens (tertiary/aromatic N) is 1. The average Bonchev–Trinajstić information content (AvgIpc) is 2.83. The molecule has 2 aromatic rings. The van der Waals surface area contributed by atoms with Gasteiger partial charge in [-0.15, -0.1) is 0 Å². The van der Waals surface area contributed by atoms with Crippen molar-refractivity contribution in [3.8, 4) is 5.69 Å². The number of hydrogen-bond acceptors (Lipinski definition) is 2. The van der Waals surface area contributed by atoms with Crippen molar-refractivity contribution >= 4 is 5.97 Å². The molecule has 3 nitrogen and oxygen atoms in total. The molecule has 0 aliphatic carbocycles. The van der Waals surface area contributed by atoms with Gasteiger partial charge in [0.05, 0.1) is 12.2 Å². The van der Waals surface area contributed by atoms with Crippen LogP contribution >= 0.6 is 0 Å². The molecule has 0 N–H and O–H groups in total. The number of carbonyl (C=O) groups is 1. The van der Waals surface area contributed by atoms with E-state index in [4.69, 9.17) is 4.74 Å². The average molecular weight is 229 g/mol. The molecule has 0 fully saturated rings.